The fraction of sp³-hybridized carbons (Fsp3) is 0.500. The average molecular weight is 271 g/mol. The Balaban J connectivity index is 2.84. The summed E-state index contributed by atoms with van der Waals surface area (Å²) in [7, 11) is 0. The lowest BCUT2D eigenvalue weighted by molar-refractivity contribution is 0.0691. The summed E-state index contributed by atoms with van der Waals surface area (Å²) >= 11 is 0.975. The first kappa shape index (κ1) is 14.7. The van der Waals surface area contributed by atoms with Gasteiger partial charge >= 0.3 is 5.97 Å². The summed E-state index contributed by atoms with van der Waals surface area (Å²) in [5, 5.41) is 17.6. The van der Waals surface area contributed by atoms with Crippen LogP contribution in [0.5, 0.6) is 0 Å². The van der Waals surface area contributed by atoms with Crippen molar-refractivity contribution in [2.24, 2.45) is 0 Å². The van der Waals surface area contributed by atoms with E-state index in [0.29, 0.717) is 17.8 Å². The minimum atomic E-state index is -1.02. The van der Waals surface area contributed by atoms with Gasteiger partial charge in [-0.05, 0) is 32.4 Å². The Hall–Kier alpha value is -1.40. The molecule has 0 spiro atoms. The molecule has 1 heterocycles. The van der Waals surface area contributed by atoms with Gasteiger partial charge in [0.1, 0.15) is 4.88 Å². The Morgan fingerprint density at radius 1 is 1.33 bits per heavy atom. The third kappa shape index (κ3) is 3.54. The molecule has 0 fully saturated rings. The lowest BCUT2D eigenvalue weighted by Gasteiger charge is -2.25. The van der Waals surface area contributed by atoms with Crippen molar-refractivity contribution in [3.8, 4) is 0 Å². The summed E-state index contributed by atoms with van der Waals surface area (Å²) in [6.07, 6.45) is 0.515. The normalized spacial score (nSPS) is 10.7. The number of carboxylic acids is 1. The fourth-order valence-corrected chi connectivity index (χ4v) is 2.35. The van der Waals surface area contributed by atoms with Crippen molar-refractivity contribution >= 4 is 23.2 Å². The molecule has 0 unspecified atom stereocenters. The third-order valence-electron chi connectivity index (χ3n) is 2.47. The molecule has 0 saturated heterocycles. The molecule has 18 heavy (non-hydrogen) atoms. The largest absolute Gasteiger partial charge is 0.477 e. The van der Waals surface area contributed by atoms with E-state index >= 15 is 0 Å². The van der Waals surface area contributed by atoms with Crippen molar-refractivity contribution in [2.45, 2.75) is 26.3 Å². The number of aliphatic hydroxyl groups is 1. The van der Waals surface area contributed by atoms with E-state index in [0.717, 1.165) is 11.3 Å². The summed E-state index contributed by atoms with van der Waals surface area (Å²) in [5.74, 6) is -1.21. The van der Waals surface area contributed by atoms with Crippen molar-refractivity contribution < 1.29 is 19.8 Å². The van der Waals surface area contributed by atoms with Gasteiger partial charge < -0.3 is 15.1 Å². The first-order chi connectivity index (χ1) is 8.47. The maximum Gasteiger partial charge on any atom is 0.345 e. The van der Waals surface area contributed by atoms with E-state index in [-0.39, 0.29) is 23.4 Å². The fourth-order valence-electron chi connectivity index (χ4n) is 1.54. The molecule has 0 atom stereocenters. The van der Waals surface area contributed by atoms with Gasteiger partial charge in [0.2, 0.25) is 0 Å². The molecule has 100 valence electrons. The lowest BCUT2D eigenvalue weighted by atomic mass is 10.2. The number of rotatable bonds is 6. The second-order valence-corrected chi connectivity index (χ2v) is 5.22. The highest BCUT2D eigenvalue weighted by Crippen LogP contribution is 2.19. The topological polar surface area (TPSA) is 77.8 Å². The number of carbonyl (C=O) groups is 2. The van der Waals surface area contributed by atoms with E-state index in [4.69, 9.17) is 10.2 Å². The van der Waals surface area contributed by atoms with E-state index < -0.39 is 5.97 Å². The van der Waals surface area contributed by atoms with Crippen molar-refractivity contribution in [1.29, 1.82) is 0 Å². The van der Waals surface area contributed by atoms with Crippen molar-refractivity contribution in [2.75, 3.05) is 13.2 Å². The van der Waals surface area contributed by atoms with Crippen LogP contribution in [-0.4, -0.2) is 46.2 Å². The van der Waals surface area contributed by atoms with Crippen molar-refractivity contribution in [3.63, 3.8) is 0 Å². The molecule has 1 amide bonds. The molecule has 5 nitrogen and oxygen atoms in total. The number of hydrogen-bond donors (Lipinski definition) is 2. The molecule has 0 saturated carbocycles. The van der Waals surface area contributed by atoms with E-state index in [1.165, 1.54) is 12.1 Å². The predicted molar refractivity (Wildman–Crippen MR) is 69.2 cm³/mol. The van der Waals surface area contributed by atoms with Crippen molar-refractivity contribution in [1.82, 2.24) is 4.90 Å². The Bertz CT molecular complexity index is 427. The second-order valence-electron chi connectivity index (χ2n) is 4.14. The molecule has 0 aliphatic rings. The molecule has 6 heteroatoms. The lowest BCUT2D eigenvalue weighted by Crippen LogP contribution is -2.37. The van der Waals surface area contributed by atoms with Gasteiger partial charge in [0.25, 0.3) is 5.91 Å². The molecule has 0 radical (unpaired) electrons. The van der Waals surface area contributed by atoms with Crippen LogP contribution in [0.15, 0.2) is 12.1 Å². The van der Waals surface area contributed by atoms with E-state index in [9.17, 15) is 9.59 Å². The Morgan fingerprint density at radius 2 is 1.94 bits per heavy atom. The van der Waals surface area contributed by atoms with Crippen LogP contribution in [0.25, 0.3) is 0 Å². The smallest absolute Gasteiger partial charge is 0.345 e. The summed E-state index contributed by atoms with van der Waals surface area (Å²) in [6.45, 7) is 4.27. The molecule has 0 aliphatic heterocycles. The molecule has 0 aliphatic carbocycles. The van der Waals surface area contributed by atoms with Crippen molar-refractivity contribution in [3.05, 3.63) is 21.9 Å². The maximum absolute atomic E-state index is 12.2. The number of carboxylic acid groups (broad SMARTS) is 1. The molecule has 1 aromatic heterocycles. The molecule has 1 rings (SSSR count). The summed E-state index contributed by atoms with van der Waals surface area (Å²) in [6, 6.07) is 2.98. The SMILES string of the molecule is CC(C)N(CCCO)C(=O)c1ccc(C(=O)O)s1. The van der Waals surface area contributed by atoms with Crippen LogP contribution in [0, 0.1) is 0 Å². The number of aliphatic hydroxyl groups excluding tert-OH is 1. The number of aromatic carboxylic acids is 1. The zero-order valence-electron chi connectivity index (χ0n) is 10.4. The van der Waals surface area contributed by atoms with Crippen LogP contribution in [0.3, 0.4) is 0 Å². The van der Waals surface area contributed by atoms with Gasteiger partial charge in [0.15, 0.2) is 0 Å². The quantitative estimate of drug-likeness (QED) is 0.825. The van der Waals surface area contributed by atoms with E-state index in [2.05, 4.69) is 0 Å². The van der Waals surface area contributed by atoms with Crippen LogP contribution in [-0.2, 0) is 0 Å². The first-order valence-corrected chi connectivity index (χ1v) is 6.54. The molecular formula is C12H17NO4S. The van der Waals surface area contributed by atoms with E-state index in [1.54, 1.807) is 4.90 Å². The molecular weight excluding hydrogens is 254 g/mol. The van der Waals surface area contributed by atoms with Gasteiger partial charge in [-0.1, -0.05) is 0 Å². The summed E-state index contributed by atoms with van der Waals surface area (Å²) in [5.41, 5.74) is 0. The number of carbonyl (C=O) groups excluding carboxylic acids is 1. The molecule has 0 aromatic carbocycles. The van der Waals surface area contributed by atoms with Gasteiger partial charge in [0, 0.05) is 19.2 Å². The Morgan fingerprint density at radius 3 is 2.39 bits per heavy atom. The number of nitrogens with zero attached hydrogens (tertiary/aromatic N) is 1. The second kappa shape index (κ2) is 6.51. The van der Waals surface area contributed by atoms with Crippen LogP contribution < -0.4 is 0 Å². The third-order valence-corrected chi connectivity index (χ3v) is 3.53. The zero-order chi connectivity index (χ0) is 13.7. The highest BCUT2D eigenvalue weighted by atomic mass is 32.1. The van der Waals surface area contributed by atoms with Crippen LogP contribution >= 0.6 is 11.3 Å². The highest BCUT2D eigenvalue weighted by molar-refractivity contribution is 7.15. The van der Waals surface area contributed by atoms with Gasteiger partial charge in [-0.15, -0.1) is 11.3 Å². The van der Waals surface area contributed by atoms with Gasteiger partial charge in [0.05, 0.1) is 4.88 Å². The van der Waals surface area contributed by atoms with E-state index in [1.807, 2.05) is 13.8 Å². The Labute approximate surface area is 110 Å². The summed E-state index contributed by atoms with van der Waals surface area (Å²) < 4.78 is 0. The Kier molecular flexibility index (Phi) is 5.30. The monoisotopic (exact) mass is 271 g/mol. The number of amides is 1. The van der Waals surface area contributed by atoms with Gasteiger partial charge in [-0.2, -0.15) is 0 Å². The molecule has 0 bridgehead atoms. The van der Waals surface area contributed by atoms with Crippen LogP contribution in [0.2, 0.25) is 0 Å². The maximum atomic E-state index is 12.2. The highest BCUT2D eigenvalue weighted by Gasteiger charge is 2.21. The minimum Gasteiger partial charge on any atom is -0.477 e. The standard InChI is InChI=1S/C12H17NO4S/c1-8(2)13(6-3-7-14)11(15)9-4-5-10(18-9)12(16)17/h4-5,8,14H,3,6-7H2,1-2H3,(H,16,17). The zero-order valence-corrected chi connectivity index (χ0v) is 11.2. The van der Waals surface area contributed by atoms with Gasteiger partial charge in [-0.3, -0.25) is 4.79 Å². The summed E-state index contributed by atoms with van der Waals surface area (Å²) in [4.78, 5) is 25.2. The van der Waals surface area contributed by atoms with Gasteiger partial charge in [-0.25, -0.2) is 4.79 Å². The molecule has 2 N–H and O–H groups in total. The van der Waals surface area contributed by atoms with Crippen LogP contribution in [0.1, 0.15) is 39.6 Å². The number of hydrogen-bond acceptors (Lipinski definition) is 4. The predicted octanol–water partition coefficient (Wildman–Crippen LogP) is 1.68. The first-order valence-electron chi connectivity index (χ1n) is 5.72. The molecule has 1 aromatic rings. The average Bonchev–Trinajstić information content (AvgIpc) is 2.78. The van der Waals surface area contributed by atoms with Crippen LogP contribution in [0.4, 0.5) is 0 Å². The minimum absolute atomic E-state index is 0.0134. The number of thiophene rings is 1.